The van der Waals surface area contributed by atoms with E-state index in [0.717, 1.165) is 17.7 Å². The molecule has 2 aromatic rings. The predicted molar refractivity (Wildman–Crippen MR) is 90.0 cm³/mol. The van der Waals surface area contributed by atoms with E-state index >= 15 is 0 Å². The van der Waals surface area contributed by atoms with Gasteiger partial charge in [-0.1, -0.05) is 6.07 Å². The highest BCUT2D eigenvalue weighted by atomic mass is 35.5. The zero-order chi connectivity index (χ0) is 15.2. The van der Waals surface area contributed by atoms with Crippen LogP contribution in [-0.4, -0.2) is 24.5 Å². The van der Waals surface area contributed by atoms with E-state index in [9.17, 15) is 4.79 Å². The lowest BCUT2D eigenvalue weighted by atomic mass is 10.0. The van der Waals surface area contributed by atoms with Crippen molar-refractivity contribution in [1.29, 1.82) is 0 Å². The van der Waals surface area contributed by atoms with E-state index in [1.165, 1.54) is 11.1 Å². The number of nitrogens with zero attached hydrogens (tertiary/aromatic N) is 1. The molecule has 0 aliphatic carbocycles. The molecule has 5 heteroatoms. The number of hydrogen-bond acceptors (Lipinski definition) is 3. The fourth-order valence-corrected chi connectivity index (χ4v) is 2.15. The summed E-state index contributed by atoms with van der Waals surface area (Å²) in [5, 5.41) is 2.91. The molecule has 1 aromatic heterocycles. The summed E-state index contributed by atoms with van der Waals surface area (Å²) < 4.78 is 5.40. The van der Waals surface area contributed by atoms with Crippen molar-refractivity contribution in [2.75, 3.05) is 13.7 Å². The third-order valence-electron chi connectivity index (χ3n) is 3.52. The molecule has 0 fully saturated rings. The van der Waals surface area contributed by atoms with E-state index in [-0.39, 0.29) is 18.3 Å². The van der Waals surface area contributed by atoms with Gasteiger partial charge in [-0.15, -0.1) is 12.4 Å². The van der Waals surface area contributed by atoms with Crippen LogP contribution in [0.5, 0.6) is 5.75 Å². The van der Waals surface area contributed by atoms with Gasteiger partial charge < -0.3 is 10.1 Å². The van der Waals surface area contributed by atoms with Gasteiger partial charge in [0.1, 0.15) is 5.75 Å². The van der Waals surface area contributed by atoms with E-state index in [0.29, 0.717) is 12.1 Å². The Labute approximate surface area is 137 Å². The van der Waals surface area contributed by atoms with Crippen molar-refractivity contribution in [2.45, 2.75) is 20.3 Å². The van der Waals surface area contributed by atoms with Crippen molar-refractivity contribution in [2.24, 2.45) is 0 Å². The molecule has 0 atom stereocenters. The summed E-state index contributed by atoms with van der Waals surface area (Å²) >= 11 is 0. The molecule has 0 aliphatic rings. The zero-order valence-corrected chi connectivity index (χ0v) is 13.9. The topological polar surface area (TPSA) is 51.2 Å². The first-order valence-corrected chi connectivity index (χ1v) is 6.94. The molecule has 1 amide bonds. The number of pyridine rings is 1. The lowest BCUT2D eigenvalue weighted by molar-refractivity contribution is 0.0954. The van der Waals surface area contributed by atoms with Gasteiger partial charge in [-0.25, -0.2) is 0 Å². The lowest BCUT2D eigenvalue weighted by Crippen LogP contribution is -2.25. The average molecular weight is 321 g/mol. The number of amides is 1. The fourth-order valence-electron chi connectivity index (χ4n) is 2.15. The number of rotatable bonds is 5. The van der Waals surface area contributed by atoms with Crippen LogP contribution in [0.2, 0.25) is 0 Å². The highest BCUT2D eigenvalue weighted by Crippen LogP contribution is 2.23. The first-order valence-electron chi connectivity index (χ1n) is 6.94. The molecule has 1 N–H and O–H groups in total. The predicted octanol–water partition coefficient (Wildman–Crippen LogP) is 3.10. The highest BCUT2D eigenvalue weighted by molar-refractivity contribution is 5.93. The summed E-state index contributed by atoms with van der Waals surface area (Å²) in [6.07, 6.45) is 3.96. The molecule has 0 aliphatic heterocycles. The maximum atomic E-state index is 11.9. The molecule has 1 heterocycles. The molecule has 1 aromatic carbocycles. The molecule has 0 radical (unpaired) electrons. The Morgan fingerprint density at radius 1 is 1.18 bits per heavy atom. The van der Waals surface area contributed by atoms with Crippen LogP contribution in [0.1, 0.15) is 27.0 Å². The number of carbonyl (C=O) groups is 1. The van der Waals surface area contributed by atoms with Gasteiger partial charge in [0.05, 0.1) is 7.11 Å². The molecule has 2 rings (SSSR count). The number of methoxy groups -OCH3 is 1. The lowest BCUT2D eigenvalue weighted by Gasteiger charge is -2.12. The maximum Gasteiger partial charge on any atom is 0.251 e. The minimum absolute atomic E-state index is 0. The maximum absolute atomic E-state index is 11.9. The Balaban J connectivity index is 0.00000242. The average Bonchev–Trinajstić information content (AvgIpc) is 2.51. The van der Waals surface area contributed by atoms with E-state index in [4.69, 9.17) is 4.74 Å². The molecule has 4 nitrogen and oxygen atoms in total. The van der Waals surface area contributed by atoms with Gasteiger partial charge in [-0.05, 0) is 55.2 Å². The molecule has 0 spiro atoms. The van der Waals surface area contributed by atoms with Gasteiger partial charge in [0.2, 0.25) is 0 Å². The van der Waals surface area contributed by atoms with Crippen molar-refractivity contribution in [3.05, 3.63) is 58.9 Å². The van der Waals surface area contributed by atoms with Crippen molar-refractivity contribution >= 4 is 18.3 Å². The number of hydrogen-bond donors (Lipinski definition) is 1. The number of nitrogens with one attached hydrogen (secondary N) is 1. The standard InChI is InChI=1S/C17H20N2O2.ClH/c1-12-10-15(16(21-3)11-13(12)2)6-9-19-17(20)14-4-7-18-8-5-14;/h4-5,7-8,10-11H,6,9H2,1-3H3,(H,19,20);1H. The quantitative estimate of drug-likeness (QED) is 0.921. The van der Waals surface area contributed by atoms with Crippen LogP contribution in [0.25, 0.3) is 0 Å². The molecule has 0 saturated carbocycles. The summed E-state index contributed by atoms with van der Waals surface area (Å²) in [4.78, 5) is 15.8. The normalized spacial score (nSPS) is 9.77. The SMILES string of the molecule is COc1cc(C)c(C)cc1CCNC(=O)c1ccncc1.Cl. The summed E-state index contributed by atoms with van der Waals surface area (Å²) in [5.74, 6) is 0.788. The van der Waals surface area contributed by atoms with Crippen molar-refractivity contribution in [3.8, 4) is 5.75 Å². The van der Waals surface area contributed by atoms with Crippen LogP contribution in [0.4, 0.5) is 0 Å². The van der Waals surface area contributed by atoms with Gasteiger partial charge in [0.25, 0.3) is 5.91 Å². The van der Waals surface area contributed by atoms with Crippen LogP contribution in [0.3, 0.4) is 0 Å². The third kappa shape index (κ3) is 4.46. The molecule has 0 bridgehead atoms. The van der Waals surface area contributed by atoms with E-state index in [1.54, 1.807) is 31.6 Å². The Morgan fingerprint density at radius 2 is 1.82 bits per heavy atom. The number of benzene rings is 1. The van der Waals surface area contributed by atoms with Crippen LogP contribution < -0.4 is 10.1 Å². The zero-order valence-electron chi connectivity index (χ0n) is 13.1. The molecule has 22 heavy (non-hydrogen) atoms. The number of carbonyl (C=O) groups excluding carboxylic acids is 1. The first-order chi connectivity index (χ1) is 10.1. The third-order valence-corrected chi connectivity index (χ3v) is 3.52. The van der Waals surface area contributed by atoms with E-state index in [1.807, 2.05) is 6.07 Å². The highest BCUT2D eigenvalue weighted by Gasteiger charge is 2.08. The Hall–Kier alpha value is -2.07. The minimum Gasteiger partial charge on any atom is -0.496 e. The second-order valence-corrected chi connectivity index (χ2v) is 4.99. The molecule has 0 unspecified atom stereocenters. The van der Waals surface area contributed by atoms with Gasteiger partial charge in [-0.3, -0.25) is 9.78 Å². The second-order valence-electron chi connectivity index (χ2n) is 4.99. The summed E-state index contributed by atoms with van der Waals surface area (Å²) in [6.45, 7) is 4.71. The largest absolute Gasteiger partial charge is 0.496 e. The molecule has 0 saturated heterocycles. The van der Waals surface area contributed by atoms with Gasteiger partial charge in [0, 0.05) is 24.5 Å². The number of ether oxygens (including phenoxy) is 1. The fraction of sp³-hybridized carbons (Fsp3) is 0.294. The van der Waals surface area contributed by atoms with E-state index < -0.39 is 0 Å². The van der Waals surface area contributed by atoms with Crippen molar-refractivity contribution < 1.29 is 9.53 Å². The Bertz CT molecular complexity index is 630. The van der Waals surface area contributed by atoms with Gasteiger partial charge in [-0.2, -0.15) is 0 Å². The van der Waals surface area contributed by atoms with Crippen LogP contribution in [0.15, 0.2) is 36.7 Å². The smallest absolute Gasteiger partial charge is 0.251 e. The number of aromatic nitrogens is 1. The monoisotopic (exact) mass is 320 g/mol. The minimum atomic E-state index is -0.0831. The second kappa shape index (κ2) is 8.39. The van der Waals surface area contributed by atoms with Crippen molar-refractivity contribution in [1.82, 2.24) is 10.3 Å². The van der Waals surface area contributed by atoms with Crippen molar-refractivity contribution in [3.63, 3.8) is 0 Å². The Morgan fingerprint density at radius 3 is 2.45 bits per heavy atom. The molecular weight excluding hydrogens is 300 g/mol. The summed E-state index contributed by atoms with van der Waals surface area (Å²) in [5.41, 5.74) is 4.16. The molecular formula is C17H21ClN2O2. The van der Waals surface area contributed by atoms with Crippen LogP contribution >= 0.6 is 12.4 Å². The van der Waals surface area contributed by atoms with Crippen LogP contribution in [0, 0.1) is 13.8 Å². The van der Waals surface area contributed by atoms with Gasteiger partial charge in [0.15, 0.2) is 0 Å². The summed E-state index contributed by atoms with van der Waals surface area (Å²) in [6, 6.07) is 7.56. The molecule has 118 valence electrons. The Kier molecular flexibility index (Phi) is 6.86. The summed E-state index contributed by atoms with van der Waals surface area (Å²) in [7, 11) is 1.67. The number of halogens is 1. The van der Waals surface area contributed by atoms with E-state index in [2.05, 4.69) is 30.2 Å². The van der Waals surface area contributed by atoms with Crippen LogP contribution in [-0.2, 0) is 6.42 Å². The van der Waals surface area contributed by atoms with Gasteiger partial charge >= 0.3 is 0 Å². The number of aryl methyl sites for hydroxylation is 2. The first kappa shape index (κ1) is 18.0.